The summed E-state index contributed by atoms with van der Waals surface area (Å²) < 4.78 is 4.84. The summed E-state index contributed by atoms with van der Waals surface area (Å²) in [6, 6.07) is 0. The van der Waals surface area contributed by atoms with Gasteiger partial charge in [-0.15, -0.1) is 0 Å². The van der Waals surface area contributed by atoms with Crippen LogP contribution in [0.2, 0.25) is 0 Å². The van der Waals surface area contributed by atoms with E-state index in [4.69, 9.17) is 4.74 Å². The maximum atomic E-state index is 11.0. The van der Waals surface area contributed by atoms with Gasteiger partial charge < -0.3 is 4.74 Å². The van der Waals surface area contributed by atoms with Crippen LogP contribution in [0.3, 0.4) is 0 Å². The number of ketones is 1. The fourth-order valence-corrected chi connectivity index (χ4v) is 0.637. The summed E-state index contributed by atoms with van der Waals surface area (Å²) in [6.45, 7) is 5.47. The van der Waals surface area contributed by atoms with Crippen LogP contribution in [-0.2, 0) is 14.3 Å². The minimum atomic E-state index is -0.429. The van der Waals surface area contributed by atoms with Gasteiger partial charge in [0.2, 0.25) is 0 Å². The van der Waals surface area contributed by atoms with Crippen molar-refractivity contribution in [2.75, 3.05) is 6.61 Å². The lowest BCUT2D eigenvalue weighted by molar-refractivity contribution is -0.138. The Hall–Kier alpha value is -1.12. The van der Waals surface area contributed by atoms with E-state index >= 15 is 0 Å². The molecule has 3 nitrogen and oxygen atoms in total. The molecular formula is C10H16O3. The Kier molecular flexibility index (Phi) is 5.85. The Morgan fingerprint density at radius 1 is 1.31 bits per heavy atom. The molecule has 0 bridgehead atoms. The zero-order chi connectivity index (χ0) is 10.3. The third-order valence-corrected chi connectivity index (χ3v) is 1.63. The molecule has 0 aliphatic heterocycles. The third kappa shape index (κ3) is 6.08. The number of esters is 1. The molecule has 0 saturated heterocycles. The molecule has 0 spiro atoms. The molecule has 0 atom stereocenters. The number of hydrogen-bond donors (Lipinski definition) is 0. The zero-order valence-corrected chi connectivity index (χ0v) is 8.42. The van der Waals surface area contributed by atoms with Crippen LogP contribution in [-0.4, -0.2) is 18.4 Å². The highest BCUT2D eigenvalue weighted by Gasteiger charge is 2.01. The van der Waals surface area contributed by atoms with Crippen molar-refractivity contribution in [1.29, 1.82) is 0 Å². The lowest BCUT2D eigenvalue weighted by Crippen LogP contribution is -2.04. The fraction of sp³-hybridized carbons (Fsp3) is 0.600. The molecule has 0 aliphatic rings. The lowest BCUT2D eigenvalue weighted by atomic mass is 10.2. The van der Waals surface area contributed by atoms with Crippen LogP contribution in [0.1, 0.15) is 33.6 Å². The van der Waals surface area contributed by atoms with Crippen LogP contribution < -0.4 is 0 Å². The first-order valence-electron chi connectivity index (χ1n) is 4.44. The van der Waals surface area contributed by atoms with Crippen molar-refractivity contribution < 1.29 is 14.3 Å². The Morgan fingerprint density at radius 3 is 2.38 bits per heavy atom. The normalized spacial score (nSPS) is 11.2. The number of unbranched alkanes of at least 4 members (excludes halogenated alkanes) is 1. The third-order valence-electron chi connectivity index (χ3n) is 1.63. The van der Waals surface area contributed by atoms with Crippen molar-refractivity contribution in [3.63, 3.8) is 0 Å². The topological polar surface area (TPSA) is 43.4 Å². The minimum absolute atomic E-state index is 0.104. The molecule has 0 aromatic carbocycles. The first-order chi connectivity index (χ1) is 6.07. The average Bonchev–Trinajstić information content (AvgIpc) is 2.04. The second-order valence-corrected chi connectivity index (χ2v) is 2.90. The van der Waals surface area contributed by atoms with Gasteiger partial charge in [0.1, 0.15) is 0 Å². The van der Waals surface area contributed by atoms with Gasteiger partial charge in [0, 0.05) is 6.08 Å². The van der Waals surface area contributed by atoms with E-state index in [0.29, 0.717) is 12.2 Å². The van der Waals surface area contributed by atoms with Crippen LogP contribution in [0.5, 0.6) is 0 Å². The van der Waals surface area contributed by atoms with Gasteiger partial charge >= 0.3 is 5.97 Å². The van der Waals surface area contributed by atoms with Gasteiger partial charge in [0.05, 0.1) is 6.61 Å². The number of Topliss-reactive ketones (excluding diaryl/α,β-unsaturated/α-hetero) is 1. The molecular weight excluding hydrogens is 168 g/mol. The van der Waals surface area contributed by atoms with Crippen molar-refractivity contribution in [2.45, 2.75) is 33.6 Å². The summed E-state index contributed by atoms with van der Waals surface area (Å²) in [7, 11) is 0. The van der Waals surface area contributed by atoms with E-state index in [1.54, 1.807) is 6.92 Å². The van der Waals surface area contributed by atoms with E-state index in [1.807, 2.05) is 6.92 Å². The van der Waals surface area contributed by atoms with Gasteiger partial charge in [-0.05, 0) is 25.8 Å². The van der Waals surface area contributed by atoms with Crippen molar-refractivity contribution >= 4 is 11.8 Å². The number of carbonyl (C=O) groups excluding carboxylic acids is 2. The van der Waals surface area contributed by atoms with Crippen LogP contribution in [0.4, 0.5) is 0 Å². The molecule has 0 saturated carbocycles. The molecule has 0 aliphatic carbocycles. The lowest BCUT2D eigenvalue weighted by Gasteiger charge is -2.00. The SMILES string of the molecule is CCCCOC(=O)/C=C(/C)C(C)=O. The van der Waals surface area contributed by atoms with Gasteiger partial charge in [-0.1, -0.05) is 13.3 Å². The molecule has 0 aromatic heterocycles. The molecule has 0 heterocycles. The molecule has 0 amide bonds. The number of hydrogen-bond acceptors (Lipinski definition) is 3. The summed E-state index contributed by atoms with van der Waals surface area (Å²) >= 11 is 0. The van der Waals surface area contributed by atoms with Gasteiger partial charge in [0.25, 0.3) is 0 Å². The predicted molar refractivity (Wildman–Crippen MR) is 50.3 cm³/mol. The van der Waals surface area contributed by atoms with Gasteiger partial charge in [0.15, 0.2) is 5.78 Å². The Balaban J connectivity index is 3.86. The fourth-order valence-electron chi connectivity index (χ4n) is 0.637. The van der Waals surface area contributed by atoms with E-state index in [1.165, 1.54) is 13.0 Å². The highest BCUT2D eigenvalue weighted by Crippen LogP contribution is 1.96. The van der Waals surface area contributed by atoms with E-state index in [-0.39, 0.29) is 5.78 Å². The number of rotatable bonds is 5. The molecule has 3 heteroatoms. The second-order valence-electron chi connectivity index (χ2n) is 2.90. The number of ether oxygens (including phenoxy) is 1. The molecule has 13 heavy (non-hydrogen) atoms. The maximum absolute atomic E-state index is 11.0. The number of allylic oxidation sites excluding steroid dienone is 1. The van der Waals surface area contributed by atoms with Crippen LogP contribution >= 0.6 is 0 Å². The van der Waals surface area contributed by atoms with E-state index < -0.39 is 5.97 Å². The first kappa shape index (κ1) is 11.9. The van der Waals surface area contributed by atoms with Gasteiger partial charge in [-0.25, -0.2) is 4.79 Å². The van der Waals surface area contributed by atoms with Gasteiger partial charge in [-0.2, -0.15) is 0 Å². The summed E-state index contributed by atoms with van der Waals surface area (Å²) in [5.41, 5.74) is 0.432. The minimum Gasteiger partial charge on any atom is -0.463 e. The molecule has 0 radical (unpaired) electrons. The van der Waals surface area contributed by atoms with E-state index in [9.17, 15) is 9.59 Å². The Bertz CT molecular complexity index is 216. The standard InChI is InChI=1S/C10H16O3/c1-4-5-6-13-10(12)7-8(2)9(3)11/h7H,4-6H2,1-3H3/b8-7-. The van der Waals surface area contributed by atoms with E-state index in [2.05, 4.69) is 0 Å². The second kappa shape index (κ2) is 6.40. The van der Waals surface area contributed by atoms with Crippen molar-refractivity contribution in [3.8, 4) is 0 Å². The Morgan fingerprint density at radius 2 is 1.92 bits per heavy atom. The largest absolute Gasteiger partial charge is 0.463 e. The molecule has 0 rings (SSSR count). The smallest absolute Gasteiger partial charge is 0.331 e. The van der Waals surface area contributed by atoms with Crippen molar-refractivity contribution in [3.05, 3.63) is 11.6 Å². The average molecular weight is 184 g/mol. The molecule has 0 unspecified atom stereocenters. The zero-order valence-electron chi connectivity index (χ0n) is 8.42. The highest BCUT2D eigenvalue weighted by atomic mass is 16.5. The van der Waals surface area contributed by atoms with Crippen LogP contribution in [0.25, 0.3) is 0 Å². The summed E-state index contributed by atoms with van der Waals surface area (Å²) in [4.78, 5) is 21.7. The Labute approximate surface area is 78.8 Å². The highest BCUT2D eigenvalue weighted by molar-refractivity contribution is 5.98. The quantitative estimate of drug-likeness (QED) is 0.372. The summed E-state index contributed by atoms with van der Waals surface area (Å²) in [6.07, 6.45) is 3.08. The van der Waals surface area contributed by atoms with E-state index in [0.717, 1.165) is 12.8 Å². The molecule has 0 N–H and O–H groups in total. The maximum Gasteiger partial charge on any atom is 0.331 e. The monoisotopic (exact) mass is 184 g/mol. The summed E-state index contributed by atoms with van der Waals surface area (Å²) in [5.74, 6) is -0.534. The van der Waals surface area contributed by atoms with Crippen molar-refractivity contribution in [1.82, 2.24) is 0 Å². The van der Waals surface area contributed by atoms with Gasteiger partial charge in [-0.3, -0.25) is 4.79 Å². The summed E-state index contributed by atoms with van der Waals surface area (Å²) in [5, 5.41) is 0. The first-order valence-corrected chi connectivity index (χ1v) is 4.44. The predicted octanol–water partition coefficient (Wildman–Crippen LogP) is 1.86. The molecule has 0 aromatic rings. The van der Waals surface area contributed by atoms with Crippen LogP contribution in [0.15, 0.2) is 11.6 Å². The molecule has 0 fully saturated rings. The van der Waals surface area contributed by atoms with Crippen molar-refractivity contribution in [2.24, 2.45) is 0 Å². The molecule has 74 valence electrons. The number of carbonyl (C=O) groups is 2. The van der Waals surface area contributed by atoms with Crippen LogP contribution in [0, 0.1) is 0 Å².